The smallest absolute Gasteiger partial charge is 0.152 e. The zero-order valence-corrected chi connectivity index (χ0v) is 7.50. The lowest BCUT2D eigenvalue weighted by atomic mass is 10.2. The van der Waals surface area contributed by atoms with Crippen molar-refractivity contribution in [2.24, 2.45) is 0 Å². The van der Waals surface area contributed by atoms with Crippen LogP contribution in [0.5, 0.6) is 5.75 Å². The first-order chi connectivity index (χ1) is 6.76. The topological polar surface area (TPSA) is 42.1 Å². The lowest BCUT2D eigenvalue weighted by Gasteiger charge is -2.00. The number of ether oxygens (including phenoxy) is 1. The van der Waals surface area contributed by atoms with Gasteiger partial charge in [-0.3, -0.25) is 4.79 Å². The highest BCUT2D eigenvalue weighted by atomic mass is 19.1. The summed E-state index contributed by atoms with van der Waals surface area (Å²) in [5, 5.41) is 0.306. The Morgan fingerprint density at radius 1 is 1.50 bits per heavy atom. The number of rotatable bonds is 2. The van der Waals surface area contributed by atoms with Crippen LogP contribution in [0.15, 0.2) is 18.3 Å². The van der Waals surface area contributed by atoms with Crippen LogP contribution in [0.25, 0.3) is 10.9 Å². The second kappa shape index (κ2) is 3.14. The second-order valence-corrected chi connectivity index (χ2v) is 2.89. The average Bonchev–Trinajstić information content (AvgIpc) is 2.61. The molecule has 0 unspecified atom stereocenters. The van der Waals surface area contributed by atoms with Crippen molar-refractivity contribution in [3.8, 4) is 5.75 Å². The Morgan fingerprint density at radius 2 is 2.29 bits per heavy atom. The largest absolute Gasteiger partial charge is 0.497 e. The van der Waals surface area contributed by atoms with Crippen molar-refractivity contribution in [2.75, 3.05) is 7.11 Å². The molecule has 0 atom stereocenters. The lowest BCUT2D eigenvalue weighted by Crippen LogP contribution is -1.86. The number of carbonyl (C=O) groups excluding carboxylic acids is 1. The predicted molar refractivity (Wildman–Crippen MR) is 50.2 cm³/mol. The number of methoxy groups -OCH3 is 1. The zero-order chi connectivity index (χ0) is 10.1. The molecule has 0 saturated carbocycles. The Morgan fingerprint density at radius 3 is 2.93 bits per heavy atom. The van der Waals surface area contributed by atoms with Gasteiger partial charge >= 0.3 is 0 Å². The molecule has 4 heteroatoms. The summed E-state index contributed by atoms with van der Waals surface area (Å²) in [7, 11) is 1.46. The molecule has 0 aliphatic rings. The molecular weight excluding hydrogens is 185 g/mol. The number of halogens is 1. The molecule has 72 valence electrons. The number of hydrogen-bond donors (Lipinski definition) is 1. The van der Waals surface area contributed by atoms with Gasteiger partial charge in [-0.1, -0.05) is 0 Å². The number of aromatic amines is 1. The van der Waals surface area contributed by atoms with Crippen molar-refractivity contribution in [2.45, 2.75) is 0 Å². The third-order valence-corrected chi connectivity index (χ3v) is 2.10. The summed E-state index contributed by atoms with van der Waals surface area (Å²) < 4.78 is 18.4. The molecule has 1 heterocycles. The van der Waals surface area contributed by atoms with Gasteiger partial charge in [0.2, 0.25) is 0 Å². The number of benzene rings is 1. The van der Waals surface area contributed by atoms with Crippen LogP contribution in [0.3, 0.4) is 0 Å². The maximum atomic E-state index is 13.5. The minimum absolute atomic E-state index is 0.306. The van der Waals surface area contributed by atoms with Crippen molar-refractivity contribution in [1.82, 2.24) is 4.98 Å². The SMILES string of the molecule is COc1cc(F)c2c(C=O)c[nH]c2c1. The van der Waals surface area contributed by atoms with Crippen LogP contribution in [0.2, 0.25) is 0 Å². The fourth-order valence-electron chi connectivity index (χ4n) is 1.43. The van der Waals surface area contributed by atoms with E-state index in [1.807, 2.05) is 0 Å². The average molecular weight is 193 g/mol. The normalized spacial score (nSPS) is 10.4. The first-order valence-electron chi connectivity index (χ1n) is 4.06. The highest BCUT2D eigenvalue weighted by Crippen LogP contribution is 2.25. The van der Waals surface area contributed by atoms with E-state index in [4.69, 9.17) is 4.74 Å². The summed E-state index contributed by atoms with van der Waals surface area (Å²) in [6.45, 7) is 0. The second-order valence-electron chi connectivity index (χ2n) is 2.89. The zero-order valence-electron chi connectivity index (χ0n) is 7.50. The third-order valence-electron chi connectivity index (χ3n) is 2.10. The van der Waals surface area contributed by atoms with E-state index in [-0.39, 0.29) is 0 Å². The summed E-state index contributed by atoms with van der Waals surface area (Å²) in [4.78, 5) is 13.4. The molecule has 0 amide bonds. The maximum absolute atomic E-state index is 13.5. The summed E-state index contributed by atoms with van der Waals surface area (Å²) in [6.07, 6.45) is 2.09. The standard InChI is InChI=1S/C10H8FNO2/c1-14-7-2-8(11)10-6(5-13)4-12-9(10)3-7/h2-5,12H,1H3. The summed E-state index contributed by atoms with van der Waals surface area (Å²) in [5.41, 5.74) is 0.879. The minimum atomic E-state index is -0.456. The summed E-state index contributed by atoms with van der Waals surface area (Å²) >= 11 is 0. The van der Waals surface area contributed by atoms with E-state index in [2.05, 4.69) is 4.98 Å². The van der Waals surface area contributed by atoms with E-state index in [9.17, 15) is 9.18 Å². The van der Waals surface area contributed by atoms with Crippen LogP contribution in [0.4, 0.5) is 4.39 Å². The third kappa shape index (κ3) is 1.16. The molecule has 0 aliphatic carbocycles. The number of aromatic nitrogens is 1. The highest BCUT2D eigenvalue weighted by Gasteiger charge is 2.09. The summed E-state index contributed by atoms with van der Waals surface area (Å²) in [6, 6.07) is 2.90. The van der Waals surface area contributed by atoms with Gasteiger partial charge in [0, 0.05) is 29.3 Å². The number of H-pyrrole nitrogens is 1. The predicted octanol–water partition coefficient (Wildman–Crippen LogP) is 2.13. The van der Waals surface area contributed by atoms with Gasteiger partial charge in [-0.25, -0.2) is 4.39 Å². The number of hydrogen-bond acceptors (Lipinski definition) is 2. The molecule has 2 aromatic rings. The quantitative estimate of drug-likeness (QED) is 0.742. The molecule has 1 aromatic heterocycles. The minimum Gasteiger partial charge on any atom is -0.497 e. The van der Waals surface area contributed by atoms with Crippen LogP contribution >= 0.6 is 0 Å². The molecular formula is C10H8FNO2. The maximum Gasteiger partial charge on any atom is 0.152 e. The van der Waals surface area contributed by atoms with Crippen LogP contribution in [-0.4, -0.2) is 18.4 Å². The lowest BCUT2D eigenvalue weighted by molar-refractivity contribution is 0.112. The van der Waals surface area contributed by atoms with Gasteiger partial charge in [-0.15, -0.1) is 0 Å². The molecule has 1 aromatic carbocycles. The van der Waals surface area contributed by atoms with Crippen molar-refractivity contribution in [3.63, 3.8) is 0 Å². The van der Waals surface area contributed by atoms with Crippen molar-refractivity contribution < 1.29 is 13.9 Å². The van der Waals surface area contributed by atoms with Crippen LogP contribution in [-0.2, 0) is 0 Å². The molecule has 0 aliphatic heterocycles. The number of aldehydes is 1. The molecule has 3 nitrogen and oxygen atoms in total. The van der Waals surface area contributed by atoms with Crippen molar-refractivity contribution in [1.29, 1.82) is 0 Å². The number of carbonyl (C=O) groups is 1. The van der Waals surface area contributed by atoms with Gasteiger partial charge in [0.15, 0.2) is 6.29 Å². The molecule has 2 rings (SSSR count). The fourth-order valence-corrected chi connectivity index (χ4v) is 1.43. The van der Waals surface area contributed by atoms with E-state index < -0.39 is 5.82 Å². The Bertz CT molecular complexity index is 490. The molecule has 1 N–H and O–H groups in total. The van der Waals surface area contributed by atoms with E-state index in [1.165, 1.54) is 19.4 Å². The van der Waals surface area contributed by atoms with Crippen LogP contribution in [0, 0.1) is 5.82 Å². The fraction of sp³-hybridized carbons (Fsp3) is 0.100. The molecule has 14 heavy (non-hydrogen) atoms. The van der Waals surface area contributed by atoms with Gasteiger partial charge in [0.25, 0.3) is 0 Å². The van der Waals surface area contributed by atoms with E-state index in [0.29, 0.717) is 28.5 Å². The van der Waals surface area contributed by atoms with Gasteiger partial charge in [0.1, 0.15) is 11.6 Å². The first-order valence-corrected chi connectivity index (χ1v) is 4.06. The summed E-state index contributed by atoms with van der Waals surface area (Å²) in [5.74, 6) is -0.0306. The van der Waals surface area contributed by atoms with Crippen LogP contribution < -0.4 is 4.74 Å². The van der Waals surface area contributed by atoms with Gasteiger partial charge in [-0.05, 0) is 0 Å². The van der Waals surface area contributed by atoms with Crippen molar-refractivity contribution in [3.05, 3.63) is 29.7 Å². The Hall–Kier alpha value is -1.84. The van der Waals surface area contributed by atoms with E-state index in [0.717, 1.165) is 0 Å². The monoisotopic (exact) mass is 193 g/mol. The van der Waals surface area contributed by atoms with Crippen LogP contribution in [0.1, 0.15) is 10.4 Å². The van der Waals surface area contributed by atoms with Crippen molar-refractivity contribution >= 4 is 17.2 Å². The van der Waals surface area contributed by atoms with E-state index >= 15 is 0 Å². The highest BCUT2D eigenvalue weighted by molar-refractivity contribution is 5.98. The van der Waals surface area contributed by atoms with Gasteiger partial charge in [-0.2, -0.15) is 0 Å². The first kappa shape index (κ1) is 8.74. The Balaban J connectivity index is 2.78. The van der Waals surface area contributed by atoms with E-state index in [1.54, 1.807) is 6.07 Å². The Labute approximate surface area is 79.5 Å². The number of fused-ring (bicyclic) bond motifs is 1. The molecule has 0 fully saturated rings. The Kier molecular flexibility index (Phi) is 1.96. The molecule has 0 spiro atoms. The van der Waals surface area contributed by atoms with Gasteiger partial charge in [0.05, 0.1) is 12.6 Å². The molecule has 0 bridgehead atoms. The number of nitrogens with one attached hydrogen (secondary N) is 1. The molecule has 0 saturated heterocycles. The molecule has 0 radical (unpaired) electrons. The van der Waals surface area contributed by atoms with Gasteiger partial charge < -0.3 is 9.72 Å².